The van der Waals surface area contributed by atoms with Crippen molar-refractivity contribution in [1.82, 2.24) is 5.32 Å². The molecule has 0 radical (unpaired) electrons. The van der Waals surface area contributed by atoms with Crippen LogP contribution in [0.15, 0.2) is 76.0 Å². The first-order valence-corrected chi connectivity index (χ1v) is 12.4. The first-order chi connectivity index (χ1) is 16.3. The van der Waals surface area contributed by atoms with Crippen LogP contribution in [-0.2, 0) is 14.3 Å². The zero-order valence-electron chi connectivity index (χ0n) is 19.9. The molecular weight excluding hydrogens is 494 g/mol. The second kappa shape index (κ2) is 10.2. The van der Waals surface area contributed by atoms with E-state index in [1.807, 2.05) is 69.3 Å². The number of ketones is 1. The van der Waals surface area contributed by atoms with Crippen LogP contribution in [0, 0.1) is 11.8 Å². The van der Waals surface area contributed by atoms with E-state index in [-0.39, 0.29) is 23.6 Å². The molecule has 0 fully saturated rings. The molecule has 0 amide bonds. The van der Waals surface area contributed by atoms with Crippen LogP contribution in [0.4, 0.5) is 0 Å². The van der Waals surface area contributed by atoms with Gasteiger partial charge in [0.05, 0.1) is 29.7 Å². The molecule has 1 aliphatic carbocycles. The Hall–Kier alpha value is -2.86. The molecule has 0 saturated carbocycles. The minimum absolute atomic E-state index is 0.00190. The van der Waals surface area contributed by atoms with Crippen LogP contribution in [0.5, 0.6) is 5.75 Å². The van der Waals surface area contributed by atoms with E-state index in [9.17, 15) is 9.59 Å². The Labute approximate surface area is 209 Å². The quantitative estimate of drug-likeness (QED) is 0.479. The second-order valence-electron chi connectivity index (χ2n) is 9.31. The molecule has 4 rings (SSSR count). The van der Waals surface area contributed by atoms with Crippen molar-refractivity contribution in [3.63, 3.8) is 0 Å². The molecule has 1 heterocycles. The molecule has 3 atom stereocenters. The molecular formula is C28H30BrNO4. The number of hydrogen-bond acceptors (Lipinski definition) is 5. The summed E-state index contributed by atoms with van der Waals surface area (Å²) >= 11 is 3.57. The average molecular weight is 524 g/mol. The molecule has 2 aromatic rings. The van der Waals surface area contributed by atoms with Gasteiger partial charge in [0.1, 0.15) is 11.5 Å². The lowest BCUT2D eigenvalue weighted by molar-refractivity contribution is -0.140. The van der Waals surface area contributed by atoms with E-state index in [2.05, 4.69) is 27.3 Å². The highest BCUT2D eigenvalue weighted by atomic mass is 79.9. The Morgan fingerprint density at radius 2 is 1.85 bits per heavy atom. The van der Waals surface area contributed by atoms with Gasteiger partial charge < -0.3 is 14.8 Å². The van der Waals surface area contributed by atoms with Crippen LogP contribution >= 0.6 is 15.9 Å². The van der Waals surface area contributed by atoms with Crippen molar-refractivity contribution in [2.75, 3.05) is 13.7 Å². The highest BCUT2D eigenvalue weighted by molar-refractivity contribution is 9.10. The Balaban J connectivity index is 1.81. The Kier molecular flexibility index (Phi) is 7.27. The summed E-state index contributed by atoms with van der Waals surface area (Å²) in [5, 5.41) is 3.39. The molecule has 0 bridgehead atoms. The zero-order valence-corrected chi connectivity index (χ0v) is 21.5. The fraction of sp³-hybridized carbons (Fsp3) is 0.357. The number of rotatable bonds is 6. The number of fused-ring (bicyclic) bond motifs is 1. The van der Waals surface area contributed by atoms with E-state index < -0.39 is 11.8 Å². The van der Waals surface area contributed by atoms with Crippen molar-refractivity contribution >= 4 is 27.7 Å². The van der Waals surface area contributed by atoms with Gasteiger partial charge in [-0.15, -0.1) is 0 Å². The summed E-state index contributed by atoms with van der Waals surface area (Å²) in [4.78, 5) is 26.9. The van der Waals surface area contributed by atoms with Gasteiger partial charge in [-0.3, -0.25) is 4.79 Å². The van der Waals surface area contributed by atoms with Gasteiger partial charge in [-0.2, -0.15) is 0 Å². The first kappa shape index (κ1) is 24.3. The molecule has 6 heteroatoms. The van der Waals surface area contributed by atoms with Gasteiger partial charge in [0.25, 0.3) is 0 Å². The van der Waals surface area contributed by atoms with Crippen molar-refractivity contribution in [3.8, 4) is 5.75 Å². The van der Waals surface area contributed by atoms with Crippen LogP contribution in [0.2, 0.25) is 0 Å². The van der Waals surface area contributed by atoms with Gasteiger partial charge in [-0.25, -0.2) is 4.79 Å². The minimum Gasteiger partial charge on any atom is -0.496 e. The maximum atomic E-state index is 13.7. The van der Waals surface area contributed by atoms with Crippen molar-refractivity contribution in [3.05, 3.63) is 87.2 Å². The van der Waals surface area contributed by atoms with E-state index in [1.165, 1.54) is 0 Å². The van der Waals surface area contributed by atoms with Gasteiger partial charge in [0, 0.05) is 29.7 Å². The second-order valence-corrected chi connectivity index (χ2v) is 10.2. The van der Waals surface area contributed by atoms with Crippen LogP contribution in [0.1, 0.15) is 50.2 Å². The summed E-state index contributed by atoms with van der Waals surface area (Å²) in [7, 11) is 1.61. The lowest BCUT2D eigenvalue weighted by atomic mass is 9.68. The van der Waals surface area contributed by atoms with Gasteiger partial charge in [-0.1, -0.05) is 56.3 Å². The number of carbonyl (C=O) groups is 2. The largest absolute Gasteiger partial charge is 0.496 e. The highest BCUT2D eigenvalue weighted by Gasteiger charge is 2.45. The fourth-order valence-electron chi connectivity index (χ4n) is 4.81. The molecule has 178 valence electrons. The van der Waals surface area contributed by atoms with Crippen LogP contribution in [-0.4, -0.2) is 25.5 Å². The van der Waals surface area contributed by atoms with Crippen LogP contribution < -0.4 is 10.1 Å². The molecule has 0 spiro atoms. The number of benzene rings is 2. The third-order valence-electron chi connectivity index (χ3n) is 6.39. The summed E-state index contributed by atoms with van der Waals surface area (Å²) in [6, 6.07) is 15.8. The number of halogens is 1. The van der Waals surface area contributed by atoms with Gasteiger partial charge in [-0.05, 0) is 52.0 Å². The maximum absolute atomic E-state index is 13.7. The summed E-state index contributed by atoms with van der Waals surface area (Å²) in [6.45, 7) is 6.21. The SMILES string of the molecule is COc1ccc(C2C(C(=O)OCC(C)C)=C(C)NC3=CC(c4ccccc4)CC(=O)C32)cc1Br. The molecule has 2 aromatic carbocycles. The normalized spacial score (nSPS) is 22.1. The molecule has 3 unspecified atom stereocenters. The van der Waals surface area contributed by atoms with E-state index in [4.69, 9.17) is 9.47 Å². The smallest absolute Gasteiger partial charge is 0.336 e. The van der Waals surface area contributed by atoms with Crippen molar-refractivity contribution in [2.24, 2.45) is 11.8 Å². The molecule has 2 aliphatic rings. The lowest BCUT2D eigenvalue weighted by Crippen LogP contribution is -2.42. The number of hydrogen-bond donors (Lipinski definition) is 1. The highest BCUT2D eigenvalue weighted by Crippen LogP contribution is 2.47. The number of methoxy groups -OCH3 is 1. The lowest BCUT2D eigenvalue weighted by Gasteiger charge is -2.39. The summed E-state index contributed by atoms with van der Waals surface area (Å²) in [5.74, 6) is -0.294. The number of carbonyl (C=O) groups excluding carboxylic acids is 2. The van der Waals surface area contributed by atoms with Crippen molar-refractivity contribution in [1.29, 1.82) is 0 Å². The Morgan fingerprint density at radius 3 is 2.50 bits per heavy atom. The summed E-state index contributed by atoms with van der Waals surface area (Å²) in [5.41, 5.74) is 4.05. The number of Topliss-reactive ketones (excluding diaryl/α,β-unsaturated/α-hetero) is 1. The molecule has 0 saturated heterocycles. The molecule has 34 heavy (non-hydrogen) atoms. The first-order valence-electron chi connectivity index (χ1n) is 11.6. The van der Waals surface area contributed by atoms with Crippen LogP contribution in [0.3, 0.4) is 0 Å². The maximum Gasteiger partial charge on any atom is 0.336 e. The van der Waals surface area contributed by atoms with Crippen molar-refractivity contribution in [2.45, 2.75) is 39.0 Å². The van der Waals surface area contributed by atoms with Gasteiger partial charge in [0.15, 0.2) is 0 Å². The zero-order chi connectivity index (χ0) is 24.4. The number of nitrogens with one attached hydrogen (secondary N) is 1. The van der Waals surface area contributed by atoms with E-state index in [0.717, 1.165) is 27.0 Å². The monoisotopic (exact) mass is 523 g/mol. The van der Waals surface area contributed by atoms with E-state index >= 15 is 0 Å². The molecule has 5 nitrogen and oxygen atoms in total. The molecule has 1 N–H and O–H groups in total. The molecule has 0 aromatic heterocycles. The summed E-state index contributed by atoms with van der Waals surface area (Å²) in [6.07, 6.45) is 2.54. The Bertz CT molecular complexity index is 1150. The predicted molar refractivity (Wildman–Crippen MR) is 135 cm³/mol. The number of allylic oxidation sites excluding steroid dienone is 3. The third kappa shape index (κ3) is 4.83. The fourth-order valence-corrected chi connectivity index (χ4v) is 5.37. The van der Waals surface area contributed by atoms with Gasteiger partial charge in [0.2, 0.25) is 0 Å². The Morgan fingerprint density at radius 1 is 1.12 bits per heavy atom. The number of ether oxygens (including phenoxy) is 2. The van der Waals surface area contributed by atoms with E-state index in [1.54, 1.807) is 7.11 Å². The minimum atomic E-state index is -0.481. The summed E-state index contributed by atoms with van der Waals surface area (Å²) < 4.78 is 11.8. The topological polar surface area (TPSA) is 64.6 Å². The predicted octanol–water partition coefficient (Wildman–Crippen LogP) is 5.87. The third-order valence-corrected chi connectivity index (χ3v) is 7.01. The standard InChI is InChI=1S/C28H30BrNO4/c1-16(2)15-34-28(32)25-17(3)30-22-13-20(18-8-6-5-7-9-18)14-23(31)27(22)26(25)19-10-11-24(33-4)21(29)12-19/h5-13,16,20,26-27,30H,14-15H2,1-4H3. The van der Waals surface area contributed by atoms with E-state index in [0.29, 0.717) is 24.4 Å². The van der Waals surface area contributed by atoms with Crippen molar-refractivity contribution < 1.29 is 19.1 Å². The van der Waals surface area contributed by atoms with Gasteiger partial charge >= 0.3 is 5.97 Å². The molecule has 1 aliphatic heterocycles. The number of esters is 1. The average Bonchev–Trinajstić information content (AvgIpc) is 2.82. The van der Waals surface area contributed by atoms with Crippen LogP contribution in [0.25, 0.3) is 0 Å².